The maximum Gasteiger partial charge on any atom is 0.573 e. The lowest BCUT2D eigenvalue weighted by Gasteiger charge is -2.11. The van der Waals surface area contributed by atoms with Crippen molar-refractivity contribution in [2.24, 2.45) is 0 Å². The number of ether oxygens (including phenoxy) is 1. The molecule has 5 aromatic rings. The summed E-state index contributed by atoms with van der Waals surface area (Å²) in [5, 5.41) is 0. The molecule has 0 radical (unpaired) electrons. The van der Waals surface area contributed by atoms with Crippen molar-refractivity contribution in [2.75, 3.05) is 4.72 Å². The van der Waals surface area contributed by atoms with Gasteiger partial charge in [-0.25, -0.2) is 22.6 Å². The van der Waals surface area contributed by atoms with Crippen LogP contribution in [0.15, 0.2) is 87.3 Å². The lowest BCUT2D eigenvalue weighted by atomic mass is 10.1. The molecule has 0 aliphatic heterocycles. The minimum absolute atomic E-state index is 0.105. The van der Waals surface area contributed by atoms with Gasteiger partial charge >= 0.3 is 12.1 Å². The van der Waals surface area contributed by atoms with E-state index in [1.54, 1.807) is 18.2 Å². The third kappa shape index (κ3) is 7.25. The average Bonchev–Trinajstić information content (AvgIpc) is 3.40. The number of unbranched alkanes of at least 4 members (excludes halogenated alkanes) is 1. The molecule has 2 heterocycles. The summed E-state index contributed by atoms with van der Waals surface area (Å²) in [5.41, 5.74) is 0.153. The maximum atomic E-state index is 14.4. The van der Waals surface area contributed by atoms with Crippen LogP contribution in [0.1, 0.15) is 36.7 Å². The van der Waals surface area contributed by atoms with Gasteiger partial charge in [-0.15, -0.1) is 13.2 Å². The van der Waals surface area contributed by atoms with Crippen LogP contribution in [0, 0.1) is 5.82 Å². The fourth-order valence-electron chi connectivity index (χ4n) is 4.67. The second kappa shape index (κ2) is 12.6. The number of aryl methyl sites for hydroxylation is 1. The van der Waals surface area contributed by atoms with Crippen molar-refractivity contribution >= 4 is 26.9 Å². The standard InChI is InChI=1S/C30H27F4N5O5S/c1-2-3-16-38-27-26(28(40)39(29(38)41)18-20-6-4-5-7-24(20)31)35-25(36-27)17-19-8-10-21(11-9-19)37-45(42,43)23-14-12-22(13-15-23)44-30(32,33)34/h4-15,37H,2-3,16-18H2,1H3,(H,35,36). The van der Waals surface area contributed by atoms with E-state index >= 15 is 0 Å². The van der Waals surface area contributed by atoms with Gasteiger partial charge in [0, 0.05) is 24.2 Å². The first kappa shape index (κ1) is 31.5. The van der Waals surface area contributed by atoms with Gasteiger partial charge in [-0.1, -0.05) is 43.7 Å². The van der Waals surface area contributed by atoms with Gasteiger partial charge < -0.3 is 9.72 Å². The van der Waals surface area contributed by atoms with Crippen molar-refractivity contribution in [1.29, 1.82) is 0 Å². The normalized spacial score (nSPS) is 12.0. The molecule has 0 amide bonds. The third-order valence-corrected chi connectivity index (χ3v) is 8.27. The molecule has 0 spiro atoms. The van der Waals surface area contributed by atoms with Crippen LogP contribution in [-0.2, 0) is 29.5 Å². The quantitative estimate of drug-likeness (QED) is 0.191. The molecule has 0 bridgehead atoms. The van der Waals surface area contributed by atoms with Gasteiger partial charge in [-0.3, -0.25) is 18.7 Å². The Balaban J connectivity index is 1.37. The molecule has 10 nitrogen and oxygen atoms in total. The lowest BCUT2D eigenvalue weighted by molar-refractivity contribution is -0.274. The van der Waals surface area contributed by atoms with E-state index in [9.17, 15) is 35.6 Å². The Kier molecular flexibility index (Phi) is 8.82. The largest absolute Gasteiger partial charge is 0.573 e. The summed E-state index contributed by atoms with van der Waals surface area (Å²) in [4.78, 5) is 34.0. The Bertz CT molecular complexity index is 2050. The fraction of sp³-hybridized carbons (Fsp3) is 0.233. The van der Waals surface area contributed by atoms with Crippen LogP contribution in [0.4, 0.5) is 23.2 Å². The van der Waals surface area contributed by atoms with Crippen molar-refractivity contribution in [1.82, 2.24) is 19.1 Å². The average molecular weight is 646 g/mol. The van der Waals surface area contributed by atoms with Gasteiger partial charge in [0.05, 0.1) is 11.4 Å². The van der Waals surface area contributed by atoms with Crippen LogP contribution in [0.3, 0.4) is 0 Å². The third-order valence-electron chi connectivity index (χ3n) is 6.88. The molecule has 15 heteroatoms. The Labute approximate surface area is 254 Å². The number of benzene rings is 3. The van der Waals surface area contributed by atoms with E-state index < -0.39 is 39.2 Å². The molecule has 0 saturated carbocycles. The maximum absolute atomic E-state index is 14.4. The predicted molar refractivity (Wildman–Crippen MR) is 158 cm³/mol. The van der Waals surface area contributed by atoms with E-state index in [1.165, 1.54) is 34.9 Å². The summed E-state index contributed by atoms with van der Waals surface area (Å²) < 4.78 is 85.5. The number of fused-ring (bicyclic) bond motifs is 1. The predicted octanol–water partition coefficient (Wildman–Crippen LogP) is 5.16. The number of rotatable bonds is 11. The number of hydrogen-bond donors (Lipinski definition) is 2. The highest BCUT2D eigenvalue weighted by molar-refractivity contribution is 7.92. The molecule has 0 aliphatic rings. The Morgan fingerprint density at radius 1 is 0.956 bits per heavy atom. The number of nitrogens with zero attached hydrogens (tertiary/aromatic N) is 3. The van der Waals surface area contributed by atoms with Crippen LogP contribution < -0.4 is 20.7 Å². The minimum Gasteiger partial charge on any atom is -0.406 e. The zero-order chi connectivity index (χ0) is 32.4. The topological polar surface area (TPSA) is 128 Å². The molecule has 3 aromatic carbocycles. The number of aromatic amines is 1. The second-order valence-corrected chi connectivity index (χ2v) is 11.8. The Hall–Kier alpha value is -4.92. The van der Waals surface area contributed by atoms with Crippen molar-refractivity contribution in [2.45, 2.75) is 50.5 Å². The van der Waals surface area contributed by atoms with Crippen LogP contribution in [0.2, 0.25) is 0 Å². The summed E-state index contributed by atoms with van der Waals surface area (Å²) >= 11 is 0. The van der Waals surface area contributed by atoms with Crippen LogP contribution in [0.5, 0.6) is 5.75 Å². The van der Waals surface area contributed by atoms with Crippen LogP contribution >= 0.6 is 0 Å². The zero-order valence-corrected chi connectivity index (χ0v) is 24.6. The van der Waals surface area contributed by atoms with E-state index in [2.05, 4.69) is 19.4 Å². The molecule has 2 N–H and O–H groups in total. The molecule has 0 fully saturated rings. The SMILES string of the molecule is CCCCn1c(=O)n(Cc2ccccc2F)c(=O)c2[nH]c(Cc3ccc(NS(=O)(=O)c4ccc(OC(F)(F)F)cc4)cc3)nc21. The van der Waals surface area contributed by atoms with Gasteiger partial charge in [0.25, 0.3) is 15.6 Å². The van der Waals surface area contributed by atoms with E-state index in [0.717, 1.165) is 35.3 Å². The van der Waals surface area contributed by atoms with Crippen molar-refractivity contribution in [3.63, 3.8) is 0 Å². The first-order valence-electron chi connectivity index (χ1n) is 13.8. The first-order valence-corrected chi connectivity index (χ1v) is 15.3. The van der Waals surface area contributed by atoms with Gasteiger partial charge in [0.2, 0.25) is 0 Å². The molecule has 0 aliphatic carbocycles. The summed E-state index contributed by atoms with van der Waals surface area (Å²) in [5.74, 6) is -0.707. The Morgan fingerprint density at radius 3 is 2.29 bits per heavy atom. The molecular weight excluding hydrogens is 618 g/mol. The number of imidazole rings is 1. The van der Waals surface area contributed by atoms with E-state index in [-0.39, 0.29) is 40.3 Å². The minimum atomic E-state index is -4.90. The molecule has 45 heavy (non-hydrogen) atoms. The zero-order valence-electron chi connectivity index (χ0n) is 23.8. The summed E-state index contributed by atoms with van der Waals surface area (Å²) in [6, 6.07) is 15.9. The number of anilines is 1. The summed E-state index contributed by atoms with van der Waals surface area (Å²) in [7, 11) is -4.11. The summed E-state index contributed by atoms with van der Waals surface area (Å²) in [6.07, 6.45) is -3.26. The number of H-pyrrole nitrogens is 1. The number of halogens is 4. The van der Waals surface area contributed by atoms with E-state index in [1.807, 2.05) is 6.92 Å². The second-order valence-electron chi connectivity index (χ2n) is 10.2. The van der Waals surface area contributed by atoms with Crippen LogP contribution in [-0.4, -0.2) is 33.9 Å². The first-order chi connectivity index (χ1) is 21.3. The molecule has 0 saturated heterocycles. The van der Waals surface area contributed by atoms with Crippen molar-refractivity contribution < 1.29 is 30.7 Å². The number of sulfonamides is 1. The number of aromatic nitrogens is 4. The number of alkyl halides is 3. The Morgan fingerprint density at radius 2 is 1.64 bits per heavy atom. The highest BCUT2D eigenvalue weighted by atomic mass is 32.2. The highest BCUT2D eigenvalue weighted by Gasteiger charge is 2.31. The number of hydrogen-bond acceptors (Lipinski definition) is 6. The smallest absolute Gasteiger partial charge is 0.406 e. The molecule has 2 aromatic heterocycles. The van der Waals surface area contributed by atoms with Crippen LogP contribution in [0.25, 0.3) is 11.2 Å². The van der Waals surface area contributed by atoms with E-state index in [4.69, 9.17) is 0 Å². The summed E-state index contributed by atoms with van der Waals surface area (Å²) in [6.45, 7) is 2.02. The molecule has 5 rings (SSSR count). The van der Waals surface area contributed by atoms with Gasteiger partial charge in [0.1, 0.15) is 22.9 Å². The van der Waals surface area contributed by atoms with Crippen molar-refractivity contribution in [3.8, 4) is 5.75 Å². The lowest BCUT2D eigenvalue weighted by Crippen LogP contribution is -2.40. The van der Waals surface area contributed by atoms with Crippen molar-refractivity contribution in [3.05, 3.63) is 116 Å². The molecular formula is C30H27F4N5O5S. The monoisotopic (exact) mass is 645 g/mol. The van der Waals surface area contributed by atoms with E-state index in [0.29, 0.717) is 24.4 Å². The number of nitrogens with one attached hydrogen (secondary N) is 2. The highest BCUT2D eigenvalue weighted by Crippen LogP contribution is 2.25. The molecule has 0 atom stereocenters. The molecule has 0 unspecified atom stereocenters. The van der Waals surface area contributed by atoms with Gasteiger partial charge in [0.15, 0.2) is 5.65 Å². The van der Waals surface area contributed by atoms with Gasteiger partial charge in [-0.05, 0) is 54.4 Å². The fourth-order valence-corrected chi connectivity index (χ4v) is 5.73. The van der Waals surface area contributed by atoms with Gasteiger partial charge in [-0.2, -0.15) is 0 Å². The molecule has 236 valence electrons.